The van der Waals surface area contributed by atoms with E-state index in [1.165, 1.54) is 0 Å². The Hall–Kier alpha value is -7.48. The van der Waals surface area contributed by atoms with Crippen LogP contribution in [0.1, 0.15) is 5.48 Å². The minimum Gasteiger partial charge on any atom is -0.310 e. The van der Waals surface area contributed by atoms with Gasteiger partial charge in [0.25, 0.3) is 0 Å². The molecule has 0 aliphatic carbocycles. The molecular formula is C56H39N. The van der Waals surface area contributed by atoms with Crippen LogP contribution >= 0.6 is 0 Å². The van der Waals surface area contributed by atoms with Gasteiger partial charge in [0.15, 0.2) is 0 Å². The van der Waals surface area contributed by atoms with Crippen molar-refractivity contribution in [3.63, 3.8) is 0 Å². The Morgan fingerprint density at radius 3 is 1.42 bits per heavy atom. The summed E-state index contributed by atoms with van der Waals surface area (Å²) in [5.41, 5.74) is 10.6. The van der Waals surface area contributed by atoms with E-state index in [4.69, 9.17) is 0 Å². The van der Waals surface area contributed by atoms with Crippen LogP contribution in [-0.4, -0.2) is 0 Å². The van der Waals surface area contributed by atoms with E-state index in [1.54, 1.807) is 0 Å². The summed E-state index contributed by atoms with van der Waals surface area (Å²) in [6.45, 7) is 0. The van der Waals surface area contributed by atoms with Gasteiger partial charge in [0.05, 0.1) is 11.2 Å². The standard InChI is InChI=1S/C56H39N/c1-3-14-40(15-4-1)47-32-37-56(55(39-47)44-16-5-2-6-17-44)57(50-35-30-45(31-36-50)53-26-12-20-42-18-7-9-24-51(42)53)49-33-28-41(29-34-49)46-22-11-23-48(38-46)54-27-13-21-43-19-8-10-25-52(43)54/h1-39H/i28D,29D,33D,34D. The van der Waals surface area contributed by atoms with Crippen molar-refractivity contribution in [1.29, 1.82) is 0 Å². The lowest BCUT2D eigenvalue weighted by Crippen LogP contribution is -2.11. The molecule has 0 aliphatic heterocycles. The highest BCUT2D eigenvalue weighted by atomic mass is 15.1. The minimum atomic E-state index is -0.129. The zero-order valence-corrected chi connectivity index (χ0v) is 31.2. The molecule has 0 atom stereocenters. The highest BCUT2D eigenvalue weighted by molar-refractivity contribution is 5.99. The maximum atomic E-state index is 9.76. The number of anilines is 3. The predicted octanol–water partition coefficient (Wildman–Crippen LogP) is 15.8. The van der Waals surface area contributed by atoms with E-state index in [-0.39, 0.29) is 35.4 Å². The molecule has 0 saturated heterocycles. The number of rotatable bonds is 8. The highest BCUT2D eigenvalue weighted by Gasteiger charge is 2.19. The first-order valence-corrected chi connectivity index (χ1v) is 19.3. The summed E-state index contributed by atoms with van der Waals surface area (Å²) < 4.78 is 38.7. The number of hydrogen-bond donors (Lipinski definition) is 0. The van der Waals surface area contributed by atoms with Gasteiger partial charge in [0, 0.05) is 16.9 Å². The molecule has 0 aliphatic rings. The van der Waals surface area contributed by atoms with Crippen LogP contribution in [0.5, 0.6) is 0 Å². The molecule has 10 aromatic carbocycles. The van der Waals surface area contributed by atoms with E-state index < -0.39 is 0 Å². The Morgan fingerprint density at radius 1 is 0.281 bits per heavy atom. The van der Waals surface area contributed by atoms with Gasteiger partial charge in [-0.05, 0) is 114 Å². The molecule has 0 radical (unpaired) electrons. The molecular weight excluding hydrogens is 687 g/mol. The largest absolute Gasteiger partial charge is 0.310 e. The van der Waals surface area contributed by atoms with Crippen LogP contribution in [-0.2, 0) is 0 Å². The van der Waals surface area contributed by atoms with Gasteiger partial charge in [-0.15, -0.1) is 0 Å². The molecule has 57 heavy (non-hydrogen) atoms. The molecule has 0 amide bonds. The van der Waals surface area contributed by atoms with Crippen LogP contribution in [0.2, 0.25) is 0 Å². The zero-order chi connectivity index (χ0) is 41.5. The van der Waals surface area contributed by atoms with Gasteiger partial charge >= 0.3 is 0 Å². The highest BCUT2D eigenvalue weighted by Crippen LogP contribution is 2.44. The lowest BCUT2D eigenvalue weighted by atomic mass is 9.94. The monoisotopic (exact) mass is 729 g/mol. The number of benzene rings is 10. The fraction of sp³-hybridized carbons (Fsp3) is 0. The minimum absolute atomic E-state index is 0.106. The smallest absolute Gasteiger partial charge is 0.0645 e. The molecule has 0 fully saturated rings. The van der Waals surface area contributed by atoms with E-state index in [9.17, 15) is 5.48 Å². The second-order valence-electron chi connectivity index (χ2n) is 14.2. The van der Waals surface area contributed by atoms with Gasteiger partial charge in [0.2, 0.25) is 0 Å². The fourth-order valence-electron chi connectivity index (χ4n) is 7.93. The van der Waals surface area contributed by atoms with Crippen molar-refractivity contribution in [1.82, 2.24) is 0 Å². The number of hydrogen-bond acceptors (Lipinski definition) is 1. The molecule has 1 nitrogen and oxygen atoms in total. The molecule has 10 aromatic rings. The Bertz CT molecular complexity index is 3190. The molecule has 0 unspecified atom stereocenters. The molecule has 10 rings (SSSR count). The van der Waals surface area contributed by atoms with E-state index in [0.717, 1.165) is 71.7 Å². The van der Waals surface area contributed by atoms with E-state index in [1.807, 2.05) is 108 Å². The second kappa shape index (κ2) is 15.0. The van der Waals surface area contributed by atoms with Crippen molar-refractivity contribution < 1.29 is 5.48 Å². The summed E-state index contributed by atoms with van der Waals surface area (Å²) in [6.07, 6.45) is 0. The molecule has 0 bridgehead atoms. The van der Waals surface area contributed by atoms with Crippen molar-refractivity contribution >= 4 is 38.6 Å². The van der Waals surface area contributed by atoms with E-state index in [2.05, 4.69) is 109 Å². The summed E-state index contributed by atoms with van der Waals surface area (Å²) in [5, 5.41) is 4.53. The molecule has 0 spiro atoms. The quantitative estimate of drug-likeness (QED) is 0.151. The van der Waals surface area contributed by atoms with Gasteiger partial charge in [-0.1, -0.05) is 194 Å². The van der Waals surface area contributed by atoms with Gasteiger partial charge in [-0.25, -0.2) is 0 Å². The summed E-state index contributed by atoms with van der Waals surface area (Å²) >= 11 is 0. The maximum Gasteiger partial charge on any atom is 0.0645 e. The topological polar surface area (TPSA) is 3.24 Å². The summed E-state index contributed by atoms with van der Waals surface area (Å²) in [4.78, 5) is 1.90. The Balaban J connectivity index is 1.17. The Morgan fingerprint density at radius 2 is 0.754 bits per heavy atom. The van der Waals surface area contributed by atoms with E-state index in [0.29, 0.717) is 11.3 Å². The molecule has 0 saturated carbocycles. The van der Waals surface area contributed by atoms with Gasteiger partial charge < -0.3 is 4.90 Å². The second-order valence-corrected chi connectivity index (χ2v) is 14.2. The number of fused-ring (bicyclic) bond motifs is 2. The average Bonchev–Trinajstić information content (AvgIpc) is 3.32. The first kappa shape index (κ1) is 29.8. The molecule has 0 aromatic heterocycles. The molecule has 268 valence electrons. The SMILES string of the molecule is [2H]c1c([2H])c(N(c2ccc(-c3cccc4ccccc34)cc2)c2ccc(-c3ccccc3)cc2-c2ccccc2)c([2H])c([2H])c1-c1cccc(-c2cccc3ccccc23)c1. The predicted molar refractivity (Wildman–Crippen MR) is 243 cm³/mol. The third-order valence-corrected chi connectivity index (χ3v) is 10.7. The van der Waals surface area contributed by atoms with Gasteiger partial charge in [0.1, 0.15) is 0 Å². The molecule has 0 N–H and O–H groups in total. The van der Waals surface area contributed by atoms with Crippen molar-refractivity contribution in [2.45, 2.75) is 0 Å². The van der Waals surface area contributed by atoms with Crippen LogP contribution in [0.3, 0.4) is 0 Å². The van der Waals surface area contributed by atoms with Crippen LogP contribution in [0.4, 0.5) is 17.1 Å². The average molecular weight is 730 g/mol. The number of nitrogens with zero attached hydrogens (tertiary/aromatic N) is 1. The lowest BCUT2D eigenvalue weighted by molar-refractivity contribution is 1.28. The van der Waals surface area contributed by atoms with Crippen molar-refractivity contribution in [2.24, 2.45) is 0 Å². The van der Waals surface area contributed by atoms with Crippen LogP contribution in [0, 0.1) is 0 Å². The normalized spacial score (nSPS) is 12.1. The summed E-state index contributed by atoms with van der Waals surface area (Å²) in [5.74, 6) is 0. The first-order valence-electron chi connectivity index (χ1n) is 21.3. The third kappa shape index (κ3) is 6.66. The Labute approximate surface area is 340 Å². The van der Waals surface area contributed by atoms with Gasteiger partial charge in [-0.3, -0.25) is 0 Å². The maximum absolute atomic E-state index is 9.76. The Kier molecular flexibility index (Phi) is 7.84. The zero-order valence-electron chi connectivity index (χ0n) is 35.2. The first-order chi connectivity index (χ1) is 29.9. The van der Waals surface area contributed by atoms with Crippen molar-refractivity contribution in [3.8, 4) is 55.6 Å². The van der Waals surface area contributed by atoms with Crippen molar-refractivity contribution in [3.05, 3.63) is 236 Å². The lowest BCUT2D eigenvalue weighted by Gasteiger charge is -2.29. The summed E-state index contributed by atoms with van der Waals surface area (Å²) in [6, 6.07) is 71.3. The van der Waals surface area contributed by atoms with Crippen LogP contribution in [0.25, 0.3) is 77.2 Å². The van der Waals surface area contributed by atoms with Crippen LogP contribution < -0.4 is 4.90 Å². The third-order valence-electron chi connectivity index (χ3n) is 10.7. The van der Waals surface area contributed by atoms with E-state index >= 15 is 0 Å². The molecule has 0 heterocycles. The summed E-state index contributed by atoms with van der Waals surface area (Å²) in [7, 11) is 0. The van der Waals surface area contributed by atoms with Gasteiger partial charge in [-0.2, -0.15) is 0 Å². The van der Waals surface area contributed by atoms with Crippen LogP contribution in [0.15, 0.2) is 236 Å². The fourth-order valence-corrected chi connectivity index (χ4v) is 7.93. The molecule has 1 heteroatoms. The van der Waals surface area contributed by atoms with Crippen molar-refractivity contribution in [2.75, 3.05) is 4.90 Å².